The van der Waals surface area contributed by atoms with Gasteiger partial charge in [0.1, 0.15) is 5.75 Å². The molecule has 4 heteroatoms. The van der Waals surface area contributed by atoms with E-state index in [9.17, 15) is 0 Å². The summed E-state index contributed by atoms with van der Waals surface area (Å²) in [4.78, 5) is 2.11. The van der Waals surface area contributed by atoms with Gasteiger partial charge in [0.25, 0.3) is 0 Å². The number of nitrogens with two attached hydrogens (primary N) is 1. The minimum Gasteiger partial charge on any atom is -0.497 e. The number of nitrogens with zero attached hydrogens (tertiary/aromatic N) is 1. The number of ether oxygens (including phenoxy) is 1. The zero-order chi connectivity index (χ0) is 14.5. The number of hydrogen-bond acceptors (Lipinski definition) is 3. The normalized spacial score (nSPS) is 10.4. The van der Waals surface area contributed by atoms with E-state index in [-0.39, 0.29) is 0 Å². The molecule has 0 fully saturated rings. The summed E-state index contributed by atoms with van der Waals surface area (Å²) >= 11 is 6.31. The molecule has 0 saturated heterocycles. The van der Waals surface area contributed by atoms with Crippen LogP contribution in [0.25, 0.3) is 0 Å². The Hall–Kier alpha value is -1.71. The van der Waals surface area contributed by atoms with Gasteiger partial charge in [0, 0.05) is 20.1 Å². The molecule has 2 N–H and O–H groups in total. The second kappa shape index (κ2) is 6.64. The van der Waals surface area contributed by atoms with E-state index in [1.54, 1.807) is 7.11 Å². The smallest absolute Gasteiger partial charge is 0.119 e. The summed E-state index contributed by atoms with van der Waals surface area (Å²) in [7, 11) is 3.68. The van der Waals surface area contributed by atoms with E-state index < -0.39 is 0 Å². The fourth-order valence-electron chi connectivity index (χ4n) is 2.28. The number of para-hydroxylation sites is 1. The Balaban J connectivity index is 2.25. The molecule has 2 aromatic rings. The van der Waals surface area contributed by atoms with Crippen molar-refractivity contribution in [2.45, 2.75) is 13.1 Å². The third kappa shape index (κ3) is 3.24. The van der Waals surface area contributed by atoms with Crippen LogP contribution in [-0.4, -0.2) is 14.2 Å². The molecule has 0 aliphatic rings. The number of halogens is 1. The maximum Gasteiger partial charge on any atom is 0.119 e. The molecule has 20 heavy (non-hydrogen) atoms. The van der Waals surface area contributed by atoms with Crippen molar-refractivity contribution in [2.75, 3.05) is 19.1 Å². The lowest BCUT2D eigenvalue weighted by Crippen LogP contribution is -2.19. The summed E-state index contributed by atoms with van der Waals surface area (Å²) in [5.74, 6) is 0.856. The first-order valence-corrected chi connectivity index (χ1v) is 6.85. The average molecular weight is 291 g/mol. The van der Waals surface area contributed by atoms with Crippen LogP contribution in [0, 0.1) is 0 Å². The summed E-state index contributed by atoms with van der Waals surface area (Å²) in [5.41, 5.74) is 8.98. The molecule has 2 aromatic carbocycles. The van der Waals surface area contributed by atoms with Gasteiger partial charge in [0.15, 0.2) is 0 Å². The van der Waals surface area contributed by atoms with Gasteiger partial charge in [-0.25, -0.2) is 0 Å². The third-order valence-electron chi connectivity index (χ3n) is 3.23. The average Bonchev–Trinajstić information content (AvgIpc) is 2.46. The predicted molar refractivity (Wildman–Crippen MR) is 84.4 cm³/mol. The molecule has 106 valence electrons. The largest absolute Gasteiger partial charge is 0.497 e. The van der Waals surface area contributed by atoms with Crippen LogP contribution in [-0.2, 0) is 13.1 Å². The SMILES string of the molecule is COc1cccc(CN(C)c2c(Cl)cccc2CN)c1. The zero-order valence-corrected chi connectivity index (χ0v) is 12.5. The van der Waals surface area contributed by atoms with E-state index in [1.165, 1.54) is 0 Å². The van der Waals surface area contributed by atoms with Gasteiger partial charge < -0.3 is 15.4 Å². The highest BCUT2D eigenvalue weighted by atomic mass is 35.5. The van der Waals surface area contributed by atoms with E-state index in [1.807, 2.05) is 43.4 Å². The number of rotatable bonds is 5. The van der Waals surface area contributed by atoms with Gasteiger partial charge in [-0.3, -0.25) is 0 Å². The van der Waals surface area contributed by atoms with Crippen LogP contribution in [0.5, 0.6) is 5.75 Å². The van der Waals surface area contributed by atoms with Gasteiger partial charge >= 0.3 is 0 Å². The van der Waals surface area contributed by atoms with Crippen molar-refractivity contribution >= 4 is 17.3 Å². The van der Waals surface area contributed by atoms with Gasteiger partial charge in [-0.2, -0.15) is 0 Å². The Kier molecular flexibility index (Phi) is 4.88. The molecule has 0 aliphatic carbocycles. The Morgan fingerprint density at radius 1 is 1.20 bits per heavy atom. The first-order chi connectivity index (χ1) is 9.65. The molecule has 0 spiro atoms. The Labute approximate surface area is 124 Å². The molecule has 2 rings (SSSR count). The minimum absolute atomic E-state index is 0.471. The standard InChI is InChI=1S/C16H19ClN2O/c1-19(11-12-5-3-7-14(9-12)20-2)16-13(10-18)6-4-8-15(16)17/h3-9H,10-11,18H2,1-2H3. The van der Waals surface area contributed by atoms with E-state index in [0.29, 0.717) is 6.54 Å². The van der Waals surface area contributed by atoms with Crippen LogP contribution < -0.4 is 15.4 Å². The number of benzene rings is 2. The maximum absolute atomic E-state index is 6.31. The molecule has 0 radical (unpaired) electrons. The molecule has 0 aliphatic heterocycles. The molecule has 0 bridgehead atoms. The van der Waals surface area contributed by atoms with E-state index in [0.717, 1.165) is 34.1 Å². The summed E-state index contributed by atoms with van der Waals surface area (Å²) in [5, 5.41) is 0.721. The van der Waals surface area contributed by atoms with Crippen LogP contribution in [0.2, 0.25) is 5.02 Å². The number of anilines is 1. The topological polar surface area (TPSA) is 38.5 Å². The molecule has 0 amide bonds. The quantitative estimate of drug-likeness (QED) is 0.917. The predicted octanol–water partition coefficient (Wildman–Crippen LogP) is 3.44. The Morgan fingerprint density at radius 2 is 1.95 bits per heavy atom. The van der Waals surface area contributed by atoms with Crippen LogP contribution in [0.3, 0.4) is 0 Å². The molecule has 3 nitrogen and oxygen atoms in total. The van der Waals surface area contributed by atoms with Crippen LogP contribution in [0.1, 0.15) is 11.1 Å². The zero-order valence-electron chi connectivity index (χ0n) is 11.8. The second-order valence-electron chi connectivity index (χ2n) is 4.66. The number of hydrogen-bond donors (Lipinski definition) is 1. The first-order valence-electron chi connectivity index (χ1n) is 6.47. The lowest BCUT2D eigenvalue weighted by molar-refractivity contribution is 0.414. The minimum atomic E-state index is 0.471. The summed E-state index contributed by atoms with van der Waals surface area (Å²) in [6.07, 6.45) is 0. The molecule has 0 unspecified atom stereocenters. The highest BCUT2D eigenvalue weighted by Crippen LogP contribution is 2.30. The molecule has 0 atom stereocenters. The lowest BCUT2D eigenvalue weighted by atomic mass is 10.1. The van der Waals surface area contributed by atoms with Crippen LogP contribution >= 0.6 is 11.6 Å². The van der Waals surface area contributed by atoms with Gasteiger partial charge in [0.2, 0.25) is 0 Å². The number of methoxy groups -OCH3 is 1. The Bertz CT molecular complexity index is 586. The van der Waals surface area contributed by atoms with Crippen molar-refractivity contribution in [2.24, 2.45) is 5.73 Å². The van der Waals surface area contributed by atoms with Crippen molar-refractivity contribution in [3.63, 3.8) is 0 Å². The molecule has 0 saturated carbocycles. The summed E-state index contributed by atoms with van der Waals surface area (Å²) in [6, 6.07) is 13.8. The first kappa shape index (κ1) is 14.7. The fraction of sp³-hybridized carbons (Fsp3) is 0.250. The highest BCUT2D eigenvalue weighted by molar-refractivity contribution is 6.33. The van der Waals surface area contributed by atoms with Gasteiger partial charge in [-0.15, -0.1) is 0 Å². The fourth-order valence-corrected chi connectivity index (χ4v) is 2.61. The Morgan fingerprint density at radius 3 is 2.65 bits per heavy atom. The van der Waals surface area contributed by atoms with E-state index in [4.69, 9.17) is 22.1 Å². The molecule has 0 aromatic heterocycles. The van der Waals surface area contributed by atoms with E-state index in [2.05, 4.69) is 11.0 Å². The summed E-state index contributed by atoms with van der Waals surface area (Å²) < 4.78 is 5.25. The monoisotopic (exact) mass is 290 g/mol. The maximum atomic E-state index is 6.31. The van der Waals surface area contributed by atoms with Crippen LogP contribution in [0.4, 0.5) is 5.69 Å². The summed E-state index contributed by atoms with van der Waals surface area (Å²) in [6.45, 7) is 1.21. The van der Waals surface area contributed by atoms with Gasteiger partial charge in [-0.1, -0.05) is 35.9 Å². The highest BCUT2D eigenvalue weighted by Gasteiger charge is 2.11. The molecular formula is C16H19ClN2O. The molecular weight excluding hydrogens is 272 g/mol. The van der Waals surface area contributed by atoms with Gasteiger partial charge in [0.05, 0.1) is 17.8 Å². The van der Waals surface area contributed by atoms with Crippen molar-refractivity contribution in [1.29, 1.82) is 0 Å². The van der Waals surface area contributed by atoms with Crippen molar-refractivity contribution < 1.29 is 4.74 Å². The second-order valence-corrected chi connectivity index (χ2v) is 5.07. The lowest BCUT2D eigenvalue weighted by Gasteiger charge is -2.23. The molecule has 0 heterocycles. The van der Waals surface area contributed by atoms with Gasteiger partial charge in [-0.05, 0) is 29.3 Å². The third-order valence-corrected chi connectivity index (χ3v) is 3.53. The van der Waals surface area contributed by atoms with Crippen LogP contribution in [0.15, 0.2) is 42.5 Å². The van der Waals surface area contributed by atoms with Crippen molar-refractivity contribution in [1.82, 2.24) is 0 Å². The van der Waals surface area contributed by atoms with Crippen molar-refractivity contribution in [3.05, 3.63) is 58.6 Å². The van der Waals surface area contributed by atoms with Crippen molar-refractivity contribution in [3.8, 4) is 5.75 Å². The van der Waals surface area contributed by atoms with E-state index >= 15 is 0 Å².